The number of carbonyl (C=O) groups is 1. The third-order valence-corrected chi connectivity index (χ3v) is 5.40. The Kier molecular flexibility index (Phi) is 4.61. The van der Waals surface area contributed by atoms with E-state index in [-0.39, 0.29) is 17.7 Å². The standard InChI is InChI=1S/C12H20N2OS.ClH/c15-12(11-2-1-7-16-11)14-6-5-9-3-4-10(8-14)13-9;/h9-11,13H,1-8H2;1H. The van der Waals surface area contributed by atoms with E-state index in [9.17, 15) is 4.79 Å². The third-order valence-electron chi connectivity index (χ3n) is 4.04. The Balaban J connectivity index is 0.00000108. The lowest BCUT2D eigenvalue weighted by molar-refractivity contribution is -0.130. The number of fused-ring (bicyclic) bond motifs is 2. The minimum absolute atomic E-state index is 0. The van der Waals surface area contributed by atoms with Crippen LogP contribution in [0.3, 0.4) is 0 Å². The number of amides is 1. The third kappa shape index (κ3) is 2.91. The normalized spacial score (nSPS) is 36.5. The number of hydrogen-bond acceptors (Lipinski definition) is 3. The summed E-state index contributed by atoms with van der Waals surface area (Å²) < 4.78 is 0. The zero-order valence-corrected chi connectivity index (χ0v) is 11.7. The molecule has 0 aromatic carbocycles. The number of halogens is 1. The van der Waals surface area contributed by atoms with Crippen LogP contribution < -0.4 is 5.32 Å². The van der Waals surface area contributed by atoms with E-state index < -0.39 is 0 Å². The SMILES string of the molecule is Cl.O=C(C1CCCS1)N1CCC2CCC(C1)N2. The van der Waals surface area contributed by atoms with Gasteiger partial charge in [0, 0.05) is 25.2 Å². The van der Waals surface area contributed by atoms with E-state index in [2.05, 4.69) is 10.2 Å². The number of rotatable bonds is 1. The molecule has 17 heavy (non-hydrogen) atoms. The molecule has 3 nitrogen and oxygen atoms in total. The van der Waals surface area contributed by atoms with Gasteiger partial charge in [-0.25, -0.2) is 0 Å². The molecule has 0 saturated carbocycles. The van der Waals surface area contributed by atoms with Gasteiger partial charge in [-0.3, -0.25) is 4.79 Å². The van der Waals surface area contributed by atoms with Crippen LogP contribution in [0.4, 0.5) is 0 Å². The average Bonchev–Trinajstić information content (AvgIpc) is 2.87. The lowest BCUT2D eigenvalue weighted by Gasteiger charge is -2.26. The average molecular weight is 277 g/mol. The van der Waals surface area contributed by atoms with Crippen LogP contribution in [0.2, 0.25) is 0 Å². The molecule has 3 saturated heterocycles. The van der Waals surface area contributed by atoms with Crippen LogP contribution in [0.25, 0.3) is 0 Å². The summed E-state index contributed by atoms with van der Waals surface area (Å²) in [5, 5.41) is 3.90. The van der Waals surface area contributed by atoms with Gasteiger partial charge in [0.2, 0.25) is 5.91 Å². The minimum Gasteiger partial charge on any atom is -0.340 e. The summed E-state index contributed by atoms with van der Waals surface area (Å²) in [6.45, 7) is 1.93. The Morgan fingerprint density at radius 2 is 2.00 bits per heavy atom. The molecule has 0 spiro atoms. The monoisotopic (exact) mass is 276 g/mol. The molecule has 0 aliphatic carbocycles. The highest BCUT2D eigenvalue weighted by Crippen LogP contribution is 2.29. The minimum atomic E-state index is 0. The maximum absolute atomic E-state index is 12.3. The molecule has 3 fully saturated rings. The van der Waals surface area contributed by atoms with Gasteiger partial charge in [0.05, 0.1) is 5.25 Å². The summed E-state index contributed by atoms with van der Waals surface area (Å²) >= 11 is 1.86. The molecule has 0 aromatic heterocycles. The first-order valence-corrected chi connectivity index (χ1v) is 7.54. The van der Waals surface area contributed by atoms with E-state index >= 15 is 0 Å². The van der Waals surface area contributed by atoms with Crippen molar-refractivity contribution < 1.29 is 4.79 Å². The van der Waals surface area contributed by atoms with Gasteiger partial charge in [-0.2, -0.15) is 0 Å². The summed E-state index contributed by atoms with van der Waals surface area (Å²) in [7, 11) is 0. The topological polar surface area (TPSA) is 32.3 Å². The Labute approximate surface area is 113 Å². The first-order valence-electron chi connectivity index (χ1n) is 6.49. The largest absolute Gasteiger partial charge is 0.340 e. The van der Waals surface area contributed by atoms with Crippen LogP contribution in [0.15, 0.2) is 0 Å². The van der Waals surface area contributed by atoms with Crippen molar-refractivity contribution >= 4 is 30.1 Å². The number of carbonyl (C=O) groups excluding carboxylic acids is 1. The van der Waals surface area contributed by atoms with Crippen molar-refractivity contribution in [2.75, 3.05) is 18.8 Å². The summed E-state index contributed by atoms with van der Waals surface area (Å²) in [6, 6.07) is 1.25. The van der Waals surface area contributed by atoms with E-state index in [4.69, 9.17) is 0 Å². The fraction of sp³-hybridized carbons (Fsp3) is 0.917. The fourth-order valence-corrected chi connectivity index (χ4v) is 4.36. The molecule has 3 atom stereocenters. The molecule has 3 heterocycles. The molecular weight excluding hydrogens is 256 g/mol. The van der Waals surface area contributed by atoms with E-state index in [0.29, 0.717) is 18.0 Å². The van der Waals surface area contributed by atoms with Gasteiger partial charge in [-0.15, -0.1) is 24.2 Å². The van der Waals surface area contributed by atoms with Crippen molar-refractivity contribution in [1.82, 2.24) is 10.2 Å². The van der Waals surface area contributed by atoms with Gasteiger partial charge in [0.25, 0.3) is 0 Å². The van der Waals surface area contributed by atoms with Crippen molar-refractivity contribution in [2.45, 2.75) is 49.4 Å². The first-order chi connectivity index (χ1) is 7.83. The summed E-state index contributed by atoms with van der Waals surface area (Å²) in [6.07, 6.45) is 6.04. The maximum Gasteiger partial charge on any atom is 0.235 e. The number of nitrogens with zero attached hydrogens (tertiary/aromatic N) is 1. The number of hydrogen-bond donors (Lipinski definition) is 1. The molecule has 0 aromatic rings. The first kappa shape index (κ1) is 13.5. The summed E-state index contributed by atoms with van der Waals surface area (Å²) in [5.41, 5.74) is 0. The Bertz CT molecular complexity index is 284. The molecule has 3 aliphatic heterocycles. The Hall–Kier alpha value is 0.0700. The van der Waals surface area contributed by atoms with Crippen LogP contribution in [0, 0.1) is 0 Å². The zero-order valence-electron chi connectivity index (χ0n) is 10.1. The van der Waals surface area contributed by atoms with Gasteiger partial charge in [0.15, 0.2) is 0 Å². The van der Waals surface area contributed by atoms with Crippen LogP contribution in [-0.4, -0.2) is 47.0 Å². The molecule has 98 valence electrons. The van der Waals surface area contributed by atoms with Crippen molar-refractivity contribution in [2.24, 2.45) is 0 Å². The predicted octanol–water partition coefficient (Wildman–Crippen LogP) is 1.66. The van der Waals surface area contributed by atoms with Crippen LogP contribution in [0.1, 0.15) is 32.1 Å². The second-order valence-electron chi connectivity index (χ2n) is 5.21. The molecule has 3 aliphatic rings. The zero-order chi connectivity index (χ0) is 11.0. The van der Waals surface area contributed by atoms with Gasteiger partial charge in [-0.1, -0.05) is 0 Å². The summed E-state index contributed by atoms with van der Waals surface area (Å²) in [4.78, 5) is 14.4. The lowest BCUT2D eigenvalue weighted by atomic mass is 10.1. The van der Waals surface area contributed by atoms with Gasteiger partial charge >= 0.3 is 0 Å². The molecule has 1 amide bonds. The Morgan fingerprint density at radius 1 is 1.18 bits per heavy atom. The van der Waals surface area contributed by atoms with Gasteiger partial charge in [-0.05, 0) is 37.9 Å². The highest BCUT2D eigenvalue weighted by Gasteiger charge is 2.34. The van der Waals surface area contributed by atoms with E-state index in [1.165, 1.54) is 25.0 Å². The molecule has 3 rings (SSSR count). The molecule has 2 bridgehead atoms. The van der Waals surface area contributed by atoms with Gasteiger partial charge in [0.1, 0.15) is 0 Å². The van der Waals surface area contributed by atoms with E-state index in [0.717, 1.165) is 25.9 Å². The van der Waals surface area contributed by atoms with Crippen molar-refractivity contribution in [3.63, 3.8) is 0 Å². The fourth-order valence-electron chi connectivity index (χ4n) is 3.12. The number of thioether (sulfide) groups is 1. The summed E-state index contributed by atoms with van der Waals surface area (Å²) in [5.74, 6) is 1.59. The van der Waals surface area contributed by atoms with E-state index in [1.54, 1.807) is 0 Å². The maximum atomic E-state index is 12.3. The number of likely N-dealkylation sites (tertiary alicyclic amines) is 1. The van der Waals surface area contributed by atoms with Crippen molar-refractivity contribution in [1.29, 1.82) is 0 Å². The van der Waals surface area contributed by atoms with Crippen molar-refractivity contribution in [3.05, 3.63) is 0 Å². The smallest absolute Gasteiger partial charge is 0.235 e. The second-order valence-corrected chi connectivity index (χ2v) is 6.52. The van der Waals surface area contributed by atoms with Crippen LogP contribution >= 0.6 is 24.2 Å². The quantitative estimate of drug-likeness (QED) is 0.791. The van der Waals surface area contributed by atoms with Crippen LogP contribution in [0.5, 0.6) is 0 Å². The highest BCUT2D eigenvalue weighted by atomic mass is 35.5. The number of nitrogens with one attached hydrogen (secondary N) is 1. The second kappa shape index (κ2) is 5.81. The lowest BCUT2D eigenvalue weighted by Crippen LogP contribution is -2.42. The predicted molar refractivity (Wildman–Crippen MR) is 73.9 cm³/mol. The molecule has 0 radical (unpaired) electrons. The molecular formula is C12H21ClN2OS. The molecule has 1 N–H and O–H groups in total. The van der Waals surface area contributed by atoms with E-state index in [1.807, 2.05) is 11.8 Å². The van der Waals surface area contributed by atoms with Crippen molar-refractivity contribution in [3.8, 4) is 0 Å². The van der Waals surface area contributed by atoms with Gasteiger partial charge < -0.3 is 10.2 Å². The molecule has 3 unspecified atom stereocenters. The Morgan fingerprint density at radius 3 is 2.76 bits per heavy atom. The highest BCUT2D eigenvalue weighted by molar-refractivity contribution is 8.00. The van der Waals surface area contributed by atoms with Crippen LogP contribution in [-0.2, 0) is 4.79 Å². The molecule has 5 heteroatoms.